The Balaban J connectivity index is 1.72. The zero-order chi connectivity index (χ0) is 20.3. The molecule has 2 aromatic carbocycles. The molecule has 2 saturated heterocycles. The summed E-state index contributed by atoms with van der Waals surface area (Å²) in [5, 5.41) is 15.0. The van der Waals surface area contributed by atoms with E-state index in [1.54, 1.807) is 6.92 Å². The summed E-state index contributed by atoms with van der Waals surface area (Å²) in [6.45, 7) is 4.85. The maximum atomic E-state index is 12.8. The van der Waals surface area contributed by atoms with Crippen LogP contribution in [-0.2, 0) is 22.5 Å². The van der Waals surface area contributed by atoms with Crippen LogP contribution in [0.25, 0.3) is 0 Å². The Morgan fingerprint density at radius 3 is 2.45 bits per heavy atom. The summed E-state index contributed by atoms with van der Waals surface area (Å²) < 4.78 is 5.31. The molecule has 0 bridgehead atoms. The van der Waals surface area contributed by atoms with Crippen LogP contribution in [0.3, 0.4) is 0 Å². The van der Waals surface area contributed by atoms with E-state index in [9.17, 15) is 9.90 Å². The third-order valence-electron chi connectivity index (χ3n) is 6.60. The summed E-state index contributed by atoms with van der Waals surface area (Å²) in [5.41, 5.74) is 0.651. The second-order valence-corrected chi connectivity index (χ2v) is 8.25. The molecule has 2 N–H and O–H groups in total. The highest BCUT2D eigenvalue weighted by atomic mass is 16.5. The highest BCUT2D eigenvalue weighted by molar-refractivity contribution is 5.80. The minimum absolute atomic E-state index is 0.230. The molecular weight excluding hydrogens is 364 g/mol. The molecule has 3 atom stereocenters. The van der Waals surface area contributed by atoms with Gasteiger partial charge in [0.15, 0.2) is 5.60 Å². The Labute approximate surface area is 172 Å². The van der Waals surface area contributed by atoms with Gasteiger partial charge in [-0.3, -0.25) is 4.90 Å². The van der Waals surface area contributed by atoms with E-state index in [1.165, 1.54) is 11.1 Å². The largest absolute Gasteiger partial charge is 0.464 e. The number of hydrogen-bond donors (Lipinski definition) is 2. The maximum absolute atomic E-state index is 12.8. The maximum Gasteiger partial charge on any atom is 0.338 e. The van der Waals surface area contributed by atoms with Gasteiger partial charge in [0, 0.05) is 44.1 Å². The number of likely N-dealkylation sites (tertiary alicyclic amines) is 1. The van der Waals surface area contributed by atoms with Crippen LogP contribution >= 0.6 is 0 Å². The number of benzene rings is 2. The van der Waals surface area contributed by atoms with Gasteiger partial charge in [-0.25, -0.2) is 4.79 Å². The third-order valence-corrected chi connectivity index (χ3v) is 6.60. The highest BCUT2D eigenvalue weighted by Gasteiger charge is 2.62. The molecule has 3 unspecified atom stereocenters. The first-order chi connectivity index (χ1) is 14.1. The van der Waals surface area contributed by atoms with Gasteiger partial charge in [-0.05, 0) is 24.5 Å². The van der Waals surface area contributed by atoms with E-state index >= 15 is 0 Å². The van der Waals surface area contributed by atoms with Gasteiger partial charge in [-0.2, -0.15) is 0 Å². The van der Waals surface area contributed by atoms with Crippen molar-refractivity contribution in [3.8, 4) is 0 Å². The summed E-state index contributed by atoms with van der Waals surface area (Å²) >= 11 is 0. The van der Waals surface area contributed by atoms with Crippen LogP contribution in [0.2, 0.25) is 0 Å². The molecule has 2 aliphatic rings. The lowest BCUT2D eigenvalue weighted by Crippen LogP contribution is -2.69. The zero-order valence-corrected chi connectivity index (χ0v) is 17.0. The molecule has 2 heterocycles. The molecule has 5 nitrogen and oxygen atoms in total. The van der Waals surface area contributed by atoms with Crippen molar-refractivity contribution in [3.63, 3.8) is 0 Å². The van der Waals surface area contributed by atoms with Crippen molar-refractivity contribution in [2.24, 2.45) is 5.92 Å². The van der Waals surface area contributed by atoms with Crippen molar-refractivity contribution in [2.45, 2.75) is 37.5 Å². The van der Waals surface area contributed by atoms with Crippen LogP contribution in [0.4, 0.5) is 0 Å². The Morgan fingerprint density at radius 1 is 1.14 bits per heavy atom. The molecule has 154 valence electrons. The second-order valence-electron chi connectivity index (χ2n) is 8.25. The van der Waals surface area contributed by atoms with Gasteiger partial charge < -0.3 is 15.2 Å². The molecule has 0 aliphatic carbocycles. The van der Waals surface area contributed by atoms with Crippen molar-refractivity contribution >= 4 is 5.97 Å². The van der Waals surface area contributed by atoms with Gasteiger partial charge in [0.25, 0.3) is 0 Å². The molecule has 0 radical (unpaired) electrons. The SMILES string of the molecule is CCOC(=O)C1(O)CCN(Cc2ccccc2)C2(Cc3ccccc3)CNCC12. The lowest BCUT2D eigenvalue weighted by molar-refractivity contribution is -0.188. The molecule has 0 aromatic heterocycles. The second kappa shape index (κ2) is 8.27. The molecule has 0 saturated carbocycles. The van der Waals surface area contributed by atoms with Crippen LogP contribution < -0.4 is 5.32 Å². The van der Waals surface area contributed by atoms with E-state index < -0.39 is 11.6 Å². The number of ether oxygens (including phenoxy) is 1. The van der Waals surface area contributed by atoms with E-state index in [0.717, 1.165) is 19.5 Å². The van der Waals surface area contributed by atoms with Gasteiger partial charge >= 0.3 is 5.97 Å². The monoisotopic (exact) mass is 394 g/mol. The number of piperidine rings is 1. The van der Waals surface area contributed by atoms with Crippen molar-refractivity contribution in [1.29, 1.82) is 0 Å². The smallest absolute Gasteiger partial charge is 0.338 e. The molecule has 0 spiro atoms. The minimum atomic E-state index is -1.46. The molecule has 2 fully saturated rings. The molecular formula is C24H30N2O3. The molecule has 5 heteroatoms. The number of aliphatic hydroxyl groups is 1. The fourth-order valence-corrected chi connectivity index (χ4v) is 5.18. The Morgan fingerprint density at radius 2 is 1.79 bits per heavy atom. The number of hydrogen-bond acceptors (Lipinski definition) is 5. The first-order valence-electron chi connectivity index (χ1n) is 10.5. The summed E-state index contributed by atoms with van der Waals surface area (Å²) in [4.78, 5) is 15.3. The number of carbonyl (C=O) groups excluding carboxylic acids is 1. The third kappa shape index (κ3) is 3.70. The average Bonchev–Trinajstić information content (AvgIpc) is 3.18. The summed E-state index contributed by atoms with van der Waals surface area (Å²) in [6, 6.07) is 20.8. The van der Waals surface area contributed by atoms with Gasteiger partial charge in [-0.15, -0.1) is 0 Å². The van der Waals surface area contributed by atoms with Gasteiger partial charge in [0.05, 0.1) is 6.61 Å². The summed E-state index contributed by atoms with van der Waals surface area (Å²) in [6.07, 6.45) is 1.17. The Hall–Kier alpha value is -2.21. The van der Waals surface area contributed by atoms with Crippen molar-refractivity contribution in [3.05, 3.63) is 71.8 Å². The average molecular weight is 395 g/mol. The van der Waals surface area contributed by atoms with Crippen molar-refractivity contribution in [2.75, 3.05) is 26.2 Å². The van der Waals surface area contributed by atoms with Crippen molar-refractivity contribution in [1.82, 2.24) is 10.2 Å². The van der Waals surface area contributed by atoms with Crippen LogP contribution in [-0.4, -0.2) is 53.4 Å². The first-order valence-corrected chi connectivity index (χ1v) is 10.5. The minimum Gasteiger partial charge on any atom is -0.464 e. The number of rotatable bonds is 6. The summed E-state index contributed by atoms with van der Waals surface area (Å²) in [7, 11) is 0. The van der Waals surface area contributed by atoms with Gasteiger partial charge in [-0.1, -0.05) is 60.7 Å². The van der Waals surface area contributed by atoms with Crippen LogP contribution in [0.15, 0.2) is 60.7 Å². The predicted molar refractivity (Wildman–Crippen MR) is 112 cm³/mol. The number of nitrogens with zero attached hydrogens (tertiary/aromatic N) is 1. The lowest BCUT2D eigenvalue weighted by atomic mass is 9.66. The molecule has 2 aromatic rings. The molecule has 4 rings (SSSR count). The number of fused-ring (bicyclic) bond motifs is 1. The standard InChI is InChI=1S/C24H30N2O3/c1-2-29-22(27)24(28)13-14-26(17-20-11-7-4-8-12-20)23(18-25-16-21(23)24)15-19-9-5-3-6-10-19/h3-12,21,25,28H,2,13-18H2,1H3. The van der Waals surface area contributed by atoms with E-state index in [2.05, 4.69) is 46.6 Å². The van der Waals surface area contributed by atoms with E-state index in [1.807, 2.05) is 24.3 Å². The topological polar surface area (TPSA) is 61.8 Å². The normalized spacial score (nSPS) is 29.4. The van der Waals surface area contributed by atoms with E-state index in [0.29, 0.717) is 19.5 Å². The summed E-state index contributed by atoms with van der Waals surface area (Å²) in [5.74, 6) is -0.711. The number of carbonyl (C=O) groups is 1. The zero-order valence-electron chi connectivity index (χ0n) is 17.0. The van der Waals surface area contributed by atoms with Gasteiger partial charge in [0.2, 0.25) is 0 Å². The van der Waals surface area contributed by atoms with Crippen molar-refractivity contribution < 1.29 is 14.6 Å². The fourth-order valence-electron chi connectivity index (χ4n) is 5.18. The van der Waals surface area contributed by atoms with Gasteiger partial charge in [0.1, 0.15) is 0 Å². The van der Waals surface area contributed by atoms with E-state index in [-0.39, 0.29) is 18.1 Å². The molecule has 0 amide bonds. The molecule has 2 aliphatic heterocycles. The molecule has 29 heavy (non-hydrogen) atoms. The Kier molecular flexibility index (Phi) is 5.72. The fraction of sp³-hybridized carbons (Fsp3) is 0.458. The van der Waals surface area contributed by atoms with E-state index in [4.69, 9.17) is 4.74 Å². The van der Waals surface area contributed by atoms with Crippen LogP contribution in [0.1, 0.15) is 24.5 Å². The first kappa shape index (κ1) is 20.1. The Bertz CT molecular complexity index is 829. The number of nitrogens with one attached hydrogen (secondary N) is 1. The highest BCUT2D eigenvalue weighted by Crippen LogP contribution is 2.45. The predicted octanol–water partition coefficient (Wildman–Crippen LogP) is 2.39. The van der Waals surface area contributed by atoms with Crippen LogP contribution in [0, 0.1) is 5.92 Å². The number of esters is 1. The van der Waals surface area contributed by atoms with Crippen LogP contribution in [0.5, 0.6) is 0 Å². The lowest BCUT2D eigenvalue weighted by Gasteiger charge is -2.54. The quantitative estimate of drug-likeness (QED) is 0.737.